The Bertz CT molecular complexity index is 383. The summed E-state index contributed by atoms with van der Waals surface area (Å²) in [5.74, 6) is 1.42. The van der Waals surface area contributed by atoms with E-state index in [1.165, 1.54) is 24.0 Å². The highest BCUT2D eigenvalue weighted by Gasteiger charge is 2.24. The fourth-order valence-electron chi connectivity index (χ4n) is 3.11. The van der Waals surface area contributed by atoms with Gasteiger partial charge in [-0.1, -0.05) is 38.1 Å². The van der Waals surface area contributed by atoms with E-state index in [2.05, 4.69) is 50.5 Å². The molecule has 1 unspecified atom stereocenters. The number of hydrogen-bond acceptors (Lipinski definition) is 2. The van der Waals surface area contributed by atoms with Gasteiger partial charge in [0.05, 0.1) is 0 Å². The van der Waals surface area contributed by atoms with Crippen molar-refractivity contribution < 1.29 is 4.74 Å². The van der Waals surface area contributed by atoms with E-state index in [9.17, 15) is 0 Å². The predicted molar refractivity (Wildman–Crippen MR) is 80.3 cm³/mol. The van der Waals surface area contributed by atoms with Gasteiger partial charge in [-0.25, -0.2) is 0 Å². The minimum Gasteiger partial charge on any atom is -0.381 e. The molecule has 2 rings (SSSR count). The van der Waals surface area contributed by atoms with E-state index >= 15 is 0 Å². The molecule has 1 heterocycles. The van der Waals surface area contributed by atoms with E-state index in [-0.39, 0.29) is 0 Å². The molecule has 106 valence electrons. The van der Waals surface area contributed by atoms with Gasteiger partial charge in [0.2, 0.25) is 0 Å². The van der Waals surface area contributed by atoms with Gasteiger partial charge in [0.1, 0.15) is 0 Å². The molecule has 0 amide bonds. The molecule has 19 heavy (non-hydrogen) atoms. The molecule has 1 aliphatic heterocycles. The van der Waals surface area contributed by atoms with Crippen LogP contribution in [0.3, 0.4) is 0 Å². The van der Waals surface area contributed by atoms with Crippen LogP contribution in [0.15, 0.2) is 24.3 Å². The largest absolute Gasteiger partial charge is 0.381 e. The lowest BCUT2D eigenvalue weighted by Gasteiger charge is -2.30. The first-order valence-corrected chi connectivity index (χ1v) is 7.54. The van der Waals surface area contributed by atoms with Crippen molar-refractivity contribution in [1.82, 2.24) is 5.32 Å². The third kappa shape index (κ3) is 4.05. The van der Waals surface area contributed by atoms with Crippen LogP contribution in [0, 0.1) is 11.8 Å². The number of rotatable bonds is 5. The van der Waals surface area contributed by atoms with Gasteiger partial charge in [-0.3, -0.25) is 0 Å². The summed E-state index contributed by atoms with van der Waals surface area (Å²) < 4.78 is 5.48. The molecular formula is C17H27NO. The van der Waals surface area contributed by atoms with Crippen molar-refractivity contribution in [2.75, 3.05) is 20.3 Å². The predicted octanol–water partition coefficient (Wildman–Crippen LogP) is 3.57. The Kier molecular flexibility index (Phi) is 5.41. The fourth-order valence-corrected chi connectivity index (χ4v) is 3.11. The van der Waals surface area contributed by atoms with Gasteiger partial charge >= 0.3 is 0 Å². The van der Waals surface area contributed by atoms with Crippen LogP contribution >= 0.6 is 0 Å². The maximum atomic E-state index is 5.48. The van der Waals surface area contributed by atoms with Crippen LogP contribution in [0.25, 0.3) is 0 Å². The van der Waals surface area contributed by atoms with Gasteiger partial charge in [-0.15, -0.1) is 0 Å². The molecule has 0 aliphatic carbocycles. The summed E-state index contributed by atoms with van der Waals surface area (Å²) in [6, 6.07) is 9.57. The van der Waals surface area contributed by atoms with Crippen molar-refractivity contribution in [1.29, 1.82) is 0 Å². The molecule has 1 aliphatic rings. The first-order chi connectivity index (χ1) is 9.20. The Morgan fingerprint density at radius 2 is 2.00 bits per heavy atom. The number of hydrogen-bond donors (Lipinski definition) is 1. The molecule has 1 N–H and O–H groups in total. The lowest BCUT2D eigenvalue weighted by atomic mass is 9.86. The maximum Gasteiger partial charge on any atom is 0.0469 e. The van der Waals surface area contributed by atoms with Gasteiger partial charge in [0.25, 0.3) is 0 Å². The number of ether oxygens (including phenoxy) is 1. The summed E-state index contributed by atoms with van der Waals surface area (Å²) in [5, 5.41) is 3.51. The van der Waals surface area contributed by atoms with E-state index in [4.69, 9.17) is 4.74 Å². The molecule has 2 nitrogen and oxygen atoms in total. The van der Waals surface area contributed by atoms with Crippen LogP contribution in [0.5, 0.6) is 0 Å². The van der Waals surface area contributed by atoms with E-state index in [1.54, 1.807) is 0 Å². The second kappa shape index (κ2) is 7.06. The molecule has 2 heteroatoms. The fraction of sp³-hybridized carbons (Fsp3) is 0.647. The summed E-state index contributed by atoms with van der Waals surface area (Å²) in [4.78, 5) is 0. The van der Waals surface area contributed by atoms with E-state index in [0.29, 0.717) is 17.9 Å². The monoisotopic (exact) mass is 261 g/mol. The van der Waals surface area contributed by atoms with Gasteiger partial charge in [-0.2, -0.15) is 0 Å². The Morgan fingerprint density at radius 3 is 2.63 bits per heavy atom. The van der Waals surface area contributed by atoms with Crippen molar-refractivity contribution >= 4 is 0 Å². The van der Waals surface area contributed by atoms with Crippen LogP contribution in [-0.2, 0) is 11.2 Å². The first-order valence-electron chi connectivity index (χ1n) is 7.54. The first kappa shape index (κ1) is 14.5. The van der Waals surface area contributed by atoms with E-state index < -0.39 is 0 Å². The molecule has 0 bridgehead atoms. The second-order valence-electron chi connectivity index (χ2n) is 6.06. The van der Waals surface area contributed by atoms with Gasteiger partial charge in [0, 0.05) is 19.3 Å². The summed E-state index contributed by atoms with van der Waals surface area (Å²) in [7, 11) is 2.08. The number of nitrogens with one attached hydrogen (secondary N) is 1. The molecule has 1 aromatic carbocycles. The van der Waals surface area contributed by atoms with Crippen LogP contribution in [-0.4, -0.2) is 20.3 Å². The minimum atomic E-state index is 0.469. The zero-order chi connectivity index (χ0) is 13.7. The molecule has 0 radical (unpaired) electrons. The molecule has 1 aromatic rings. The molecule has 0 spiro atoms. The van der Waals surface area contributed by atoms with Crippen molar-refractivity contribution in [3.63, 3.8) is 0 Å². The van der Waals surface area contributed by atoms with Gasteiger partial charge in [-0.05, 0) is 49.3 Å². The van der Waals surface area contributed by atoms with Crippen molar-refractivity contribution in [3.8, 4) is 0 Å². The van der Waals surface area contributed by atoms with E-state index in [0.717, 1.165) is 19.6 Å². The lowest BCUT2D eigenvalue weighted by Crippen LogP contribution is -2.30. The Labute approximate surface area is 117 Å². The van der Waals surface area contributed by atoms with Gasteiger partial charge < -0.3 is 10.1 Å². The summed E-state index contributed by atoms with van der Waals surface area (Å²) in [6.07, 6.45) is 3.50. The van der Waals surface area contributed by atoms with Crippen LogP contribution in [0.4, 0.5) is 0 Å². The van der Waals surface area contributed by atoms with Crippen LogP contribution in [0.2, 0.25) is 0 Å². The Morgan fingerprint density at radius 1 is 1.26 bits per heavy atom. The number of benzene rings is 1. The highest BCUT2D eigenvalue weighted by atomic mass is 16.5. The molecule has 1 saturated heterocycles. The van der Waals surface area contributed by atoms with E-state index in [1.807, 2.05) is 0 Å². The normalized spacial score (nSPS) is 18.7. The van der Waals surface area contributed by atoms with Crippen molar-refractivity contribution in [2.24, 2.45) is 11.8 Å². The molecular weight excluding hydrogens is 234 g/mol. The summed E-state index contributed by atoms with van der Waals surface area (Å²) >= 11 is 0. The Hall–Kier alpha value is -0.860. The van der Waals surface area contributed by atoms with Crippen molar-refractivity contribution in [3.05, 3.63) is 35.4 Å². The summed E-state index contributed by atoms with van der Waals surface area (Å²) in [5.41, 5.74) is 2.90. The SMILES string of the molecule is CNC(c1cccc(CC(C)C)c1)C1CCOCC1. The highest BCUT2D eigenvalue weighted by Crippen LogP contribution is 2.30. The average Bonchev–Trinajstić information content (AvgIpc) is 2.40. The topological polar surface area (TPSA) is 21.3 Å². The van der Waals surface area contributed by atoms with Crippen molar-refractivity contribution in [2.45, 2.75) is 39.2 Å². The van der Waals surface area contributed by atoms with Crippen LogP contribution in [0.1, 0.15) is 43.9 Å². The third-order valence-corrected chi connectivity index (χ3v) is 4.00. The third-order valence-electron chi connectivity index (χ3n) is 4.00. The maximum absolute atomic E-state index is 5.48. The molecule has 1 fully saturated rings. The van der Waals surface area contributed by atoms with Gasteiger partial charge in [0.15, 0.2) is 0 Å². The average molecular weight is 261 g/mol. The highest BCUT2D eigenvalue weighted by molar-refractivity contribution is 5.27. The molecule has 0 saturated carbocycles. The smallest absolute Gasteiger partial charge is 0.0469 e. The standard InChI is InChI=1S/C17H27NO/c1-13(2)11-14-5-4-6-16(12-14)17(18-3)15-7-9-19-10-8-15/h4-6,12-13,15,17-18H,7-11H2,1-3H3. The zero-order valence-corrected chi connectivity index (χ0v) is 12.5. The summed E-state index contributed by atoms with van der Waals surface area (Å²) in [6.45, 7) is 6.38. The molecule has 0 aromatic heterocycles. The lowest BCUT2D eigenvalue weighted by molar-refractivity contribution is 0.0546. The molecule has 1 atom stereocenters. The minimum absolute atomic E-state index is 0.469. The quantitative estimate of drug-likeness (QED) is 0.875. The van der Waals surface area contributed by atoms with Crippen LogP contribution < -0.4 is 5.32 Å². The second-order valence-corrected chi connectivity index (χ2v) is 6.06. The Balaban J connectivity index is 2.12. The zero-order valence-electron chi connectivity index (χ0n) is 12.5.